The number of alkyl halides is 3. The predicted octanol–water partition coefficient (Wildman–Crippen LogP) is 6.03. The number of ketones is 1. The number of carbonyl (C=O) groups is 2. The third kappa shape index (κ3) is 4.34. The quantitative estimate of drug-likeness (QED) is 0.368. The molecule has 0 radical (unpaired) electrons. The van der Waals surface area contributed by atoms with Gasteiger partial charge in [-0.1, -0.05) is 60.7 Å². The van der Waals surface area contributed by atoms with Gasteiger partial charge in [0.2, 0.25) is 0 Å². The minimum absolute atomic E-state index is 0.145. The number of hydrogen-bond donors (Lipinski definition) is 1. The summed E-state index contributed by atoms with van der Waals surface area (Å²) in [4.78, 5) is 26.9. The van der Waals surface area contributed by atoms with Gasteiger partial charge in [-0.15, -0.1) is 0 Å². The van der Waals surface area contributed by atoms with Gasteiger partial charge in [0.25, 0.3) is 5.91 Å². The summed E-state index contributed by atoms with van der Waals surface area (Å²) in [6, 6.07) is 16.4. The van der Waals surface area contributed by atoms with E-state index >= 15 is 0 Å². The van der Waals surface area contributed by atoms with Gasteiger partial charge < -0.3 is 5.11 Å². The van der Waals surface area contributed by atoms with Gasteiger partial charge in [-0.2, -0.15) is 13.2 Å². The van der Waals surface area contributed by atoms with Crippen LogP contribution in [0.15, 0.2) is 96.3 Å². The number of carbonyl (C=O) groups excluding carboxylic acids is 2. The number of benzene rings is 3. The highest BCUT2D eigenvalue weighted by atomic mass is 19.4. The average Bonchev–Trinajstić information content (AvgIpc) is 3.08. The van der Waals surface area contributed by atoms with Crippen LogP contribution in [0.2, 0.25) is 0 Å². The first-order valence-electron chi connectivity index (χ1n) is 10.1. The van der Waals surface area contributed by atoms with Crippen molar-refractivity contribution >= 4 is 23.5 Å². The summed E-state index contributed by atoms with van der Waals surface area (Å²) in [5.74, 6) is -3.63. The summed E-state index contributed by atoms with van der Waals surface area (Å²) in [5, 5.41) is 10.6. The molecule has 0 saturated heterocycles. The molecule has 1 heterocycles. The van der Waals surface area contributed by atoms with Crippen LogP contribution >= 0.6 is 0 Å². The minimum atomic E-state index is -4.70. The first kappa shape index (κ1) is 23.0. The van der Waals surface area contributed by atoms with E-state index < -0.39 is 46.6 Å². The standard InChI is InChI=1S/C26H17F4NO3/c27-20-12-5-4-11-19(20)23-22(21(32)14-13-16-7-2-1-3-8-16)24(33)25(34)31(23)18-10-6-9-17(15-18)26(28,29)30/h1-15,23,33H/b14-13-/t23-/m1/s1. The Morgan fingerprint density at radius 1 is 0.941 bits per heavy atom. The summed E-state index contributed by atoms with van der Waals surface area (Å²) < 4.78 is 54.7. The maximum absolute atomic E-state index is 14.8. The molecule has 3 aromatic carbocycles. The van der Waals surface area contributed by atoms with Crippen LogP contribution in [0, 0.1) is 5.82 Å². The molecule has 0 fully saturated rings. The zero-order valence-electron chi connectivity index (χ0n) is 17.5. The van der Waals surface area contributed by atoms with Crippen molar-refractivity contribution in [1.82, 2.24) is 0 Å². The molecule has 1 N–H and O–H groups in total. The van der Waals surface area contributed by atoms with E-state index in [1.807, 2.05) is 0 Å². The smallest absolute Gasteiger partial charge is 0.416 e. The molecule has 1 atom stereocenters. The fourth-order valence-electron chi connectivity index (χ4n) is 3.77. The summed E-state index contributed by atoms with van der Waals surface area (Å²) in [5.41, 5.74) is -1.19. The number of aliphatic hydroxyl groups excluding tert-OH is 1. The number of amides is 1. The molecule has 0 bridgehead atoms. The van der Waals surface area contributed by atoms with E-state index in [2.05, 4.69) is 0 Å². The Labute approximate surface area is 192 Å². The highest BCUT2D eigenvalue weighted by Crippen LogP contribution is 2.43. The molecule has 0 spiro atoms. The van der Waals surface area contributed by atoms with E-state index in [0.29, 0.717) is 11.6 Å². The van der Waals surface area contributed by atoms with Gasteiger partial charge >= 0.3 is 6.18 Å². The maximum atomic E-state index is 14.8. The van der Waals surface area contributed by atoms with Crippen LogP contribution in [0.3, 0.4) is 0 Å². The number of hydrogen-bond acceptors (Lipinski definition) is 3. The van der Waals surface area contributed by atoms with Crippen molar-refractivity contribution in [2.45, 2.75) is 12.2 Å². The molecule has 1 amide bonds. The fourth-order valence-corrected chi connectivity index (χ4v) is 3.77. The molecular weight excluding hydrogens is 450 g/mol. The second kappa shape index (κ2) is 8.97. The van der Waals surface area contributed by atoms with Crippen LogP contribution in [0.1, 0.15) is 22.7 Å². The van der Waals surface area contributed by atoms with E-state index in [4.69, 9.17) is 0 Å². The first-order valence-corrected chi connectivity index (χ1v) is 10.1. The van der Waals surface area contributed by atoms with Crippen molar-refractivity contribution in [2.24, 2.45) is 0 Å². The van der Waals surface area contributed by atoms with Crippen LogP contribution in [0.5, 0.6) is 0 Å². The molecular formula is C26H17F4NO3. The van der Waals surface area contributed by atoms with E-state index in [9.17, 15) is 32.3 Å². The van der Waals surface area contributed by atoms with Crippen LogP contribution in [-0.2, 0) is 15.8 Å². The Morgan fingerprint density at radius 3 is 2.29 bits per heavy atom. The summed E-state index contributed by atoms with van der Waals surface area (Å²) in [6.45, 7) is 0. The summed E-state index contributed by atoms with van der Waals surface area (Å²) >= 11 is 0. The van der Waals surface area contributed by atoms with Crippen molar-refractivity contribution in [3.63, 3.8) is 0 Å². The summed E-state index contributed by atoms with van der Waals surface area (Å²) in [7, 11) is 0. The van der Waals surface area contributed by atoms with E-state index in [1.165, 1.54) is 30.3 Å². The largest absolute Gasteiger partial charge is 0.503 e. The number of aliphatic hydroxyl groups is 1. The molecule has 1 aliphatic heterocycles. The average molecular weight is 467 g/mol. The Bertz CT molecular complexity index is 1310. The maximum Gasteiger partial charge on any atom is 0.416 e. The molecule has 0 saturated carbocycles. The van der Waals surface area contributed by atoms with Gasteiger partial charge in [0.15, 0.2) is 11.5 Å². The first-order chi connectivity index (χ1) is 16.2. The second-order valence-electron chi connectivity index (χ2n) is 7.52. The number of rotatable bonds is 5. The number of halogens is 4. The van der Waals surface area contributed by atoms with Crippen LogP contribution in [0.25, 0.3) is 6.08 Å². The van der Waals surface area contributed by atoms with Gasteiger partial charge in [-0.05, 0) is 35.9 Å². The lowest BCUT2D eigenvalue weighted by molar-refractivity contribution is -0.137. The zero-order chi connectivity index (χ0) is 24.5. The van der Waals surface area contributed by atoms with E-state index in [1.54, 1.807) is 30.3 Å². The van der Waals surface area contributed by atoms with Gasteiger partial charge in [0, 0.05) is 11.3 Å². The molecule has 8 heteroatoms. The number of anilines is 1. The third-order valence-corrected chi connectivity index (χ3v) is 5.35. The zero-order valence-corrected chi connectivity index (χ0v) is 17.5. The molecule has 3 aromatic rings. The van der Waals surface area contributed by atoms with Gasteiger partial charge in [0.05, 0.1) is 17.2 Å². The molecule has 0 aromatic heterocycles. The minimum Gasteiger partial charge on any atom is -0.503 e. The highest BCUT2D eigenvalue weighted by Gasteiger charge is 2.45. The fraction of sp³-hybridized carbons (Fsp3) is 0.0769. The lowest BCUT2D eigenvalue weighted by atomic mass is 9.94. The van der Waals surface area contributed by atoms with Crippen molar-refractivity contribution < 1.29 is 32.3 Å². The Balaban J connectivity index is 1.83. The molecule has 1 aliphatic rings. The van der Waals surface area contributed by atoms with Crippen molar-refractivity contribution in [3.05, 3.63) is 119 Å². The Morgan fingerprint density at radius 2 is 1.62 bits per heavy atom. The monoisotopic (exact) mass is 467 g/mol. The van der Waals surface area contributed by atoms with Crippen LogP contribution in [0.4, 0.5) is 23.2 Å². The Kier molecular flexibility index (Phi) is 6.06. The van der Waals surface area contributed by atoms with Crippen molar-refractivity contribution in [1.29, 1.82) is 0 Å². The van der Waals surface area contributed by atoms with Crippen molar-refractivity contribution in [3.8, 4) is 0 Å². The van der Waals surface area contributed by atoms with Crippen LogP contribution < -0.4 is 4.90 Å². The lowest BCUT2D eigenvalue weighted by Crippen LogP contribution is -2.31. The molecule has 4 rings (SSSR count). The molecule has 4 nitrogen and oxygen atoms in total. The Hall–Kier alpha value is -4.20. The van der Waals surface area contributed by atoms with Crippen LogP contribution in [-0.4, -0.2) is 16.8 Å². The molecule has 172 valence electrons. The van der Waals surface area contributed by atoms with Gasteiger partial charge in [-0.25, -0.2) is 4.39 Å². The van der Waals surface area contributed by atoms with Gasteiger partial charge in [-0.3, -0.25) is 14.5 Å². The highest BCUT2D eigenvalue weighted by molar-refractivity contribution is 6.19. The lowest BCUT2D eigenvalue weighted by Gasteiger charge is -2.27. The summed E-state index contributed by atoms with van der Waals surface area (Å²) in [6.07, 6.45) is -2.12. The number of allylic oxidation sites excluding steroid dienone is 1. The normalized spacial score (nSPS) is 16.5. The second-order valence-corrected chi connectivity index (χ2v) is 7.52. The van der Waals surface area contributed by atoms with Crippen molar-refractivity contribution in [2.75, 3.05) is 4.90 Å². The molecule has 0 aliphatic carbocycles. The SMILES string of the molecule is O=C(/C=C\c1ccccc1)C1=C(O)C(=O)N(c2cccc(C(F)(F)F)c2)[C@@H]1c1ccccc1F. The van der Waals surface area contributed by atoms with E-state index in [0.717, 1.165) is 29.2 Å². The number of nitrogens with zero attached hydrogens (tertiary/aromatic N) is 1. The topological polar surface area (TPSA) is 57.6 Å². The molecule has 0 unspecified atom stereocenters. The third-order valence-electron chi connectivity index (χ3n) is 5.35. The van der Waals surface area contributed by atoms with Gasteiger partial charge in [0.1, 0.15) is 5.82 Å². The predicted molar refractivity (Wildman–Crippen MR) is 118 cm³/mol. The van der Waals surface area contributed by atoms with E-state index in [-0.39, 0.29) is 11.3 Å². The molecule has 34 heavy (non-hydrogen) atoms.